The van der Waals surface area contributed by atoms with Gasteiger partial charge in [0.1, 0.15) is 17.1 Å². The van der Waals surface area contributed by atoms with Crippen molar-refractivity contribution < 1.29 is 19.1 Å². The molecule has 1 saturated carbocycles. The molecular formula is C25H31NO4. The van der Waals surface area contributed by atoms with Crippen molar-refractivity contribution in [3.63, 3.8) is 0 Å². The molecule has 0 amide bonds. The van der Waals surface area contributed by atoms with Crippen molar-refractivity contribution in [2.45, 2.75) is 64.2 Å². The van der Waals surface area contributed by atoms with Gasteiger partial charge in [0.05, 0.1) is 7.11 Å². The zero-order chi connectivity index (χ0) is 21.3. The van der Waals surface area contributed by atoms with Gasteiger partial charge < -0.3 is 9.47 Å². The first-order chi connectivity index (χ1) is 14.6. The van der Waals surface area contributed by atoms with Crippen molar-refractivity contribution in [1.82, 2.24) is 4.98 Å². The van der Waals surface area contributed by atoms with E-state index in [0.29, 0.717) is 11.7 Å². The van der Waals surface area contributed by atoms with Gasteiger partial charge in [0.25, 0.3) is 0 Å². The van der Waals surface area contributed by atoms with E-state index in [2.05, 4.69) is 28.8 Å². The van der Waals surface area contributed by atoms with E-state index in [1.165, 1.54) is 76.2 Å². The van der Waals surface area contributed by atoms with Crippen LogP contribution < -0.4 is 4.74 Å². The molecule has 1 aliphatic rings. The van der Waals surface area contributed by atoms with E-state index in [1.54, 1.807) is 6.07 Å². The van der Waals surface area contributed by atoms with E-state index in [-0.39, 0.29) is 11.4 Å². The molecule has 5 heteroatoms. The maximum Gasteiger partial charge on any atom is 0.362 e. The Kier molecular flexibility index (Phi) is 8.00. The quantitative estimate of drug-likeness (QED) is 0.307. The number of carbonyl (C=O) groups excluding carboxylic acids is 2. The van der Waals surface area contributed by atoms with E-state index in [9.17, 15) is 9.59 Å². The molecule has 1 aliphatic carbocycles. The first-order valence-electron chi connectivity index (χ1n) is 11.0. The van der Waals surface area contributed by atoms with Crippen LogP contribution in [0, 0.1) is 5.92 Å². The molecule has 0 aliphatic heterocycles. The van der Waals surface area contributed by atoms with Crippen molar-refractivity contribution in [3.8, 4) is 5.75 Å². The van der Waals surface area contributed by atoms with Crippen LogP contribution in [0.1, 0.15) is 90.7 Å². The van der Waals surface area contributed by atoms with E-state index in [0.717, 1.165) is 5.92 Å². The van der Waals surface area contributed by atoms with Gasteiger partial charge in [-0.25, -0.2) is 14.6 Å². The van der Waals surface area contributed by atoms with Gasteiger partial charge in [-0.05, 0) is 67.3 Å². The van der Waals surface area contributed by atoms with E-state index >= 15 is 0 Å². The first kappa shape index (κ1) is 22.0. The topological polar surface area (TPSA) is 65.5 Å². The number of pyridine rings is 1. The molecule has 30 heavy (non-hydrogen) atoms. The maximum atomic E-state index is 12.4. The molecule has 1 fully saturated rings. The first-order valence-corrected chi connectivity index (χ1v) is 11.0. The summed E-state index contributed by atoms with van der Waals surface area (Å²) in [6.07, 6.45) is 10.5. The molecule has 0 unspecified atom stereocenters. The van der Waals surface area contributed by atoms with Crippen molar-refractivity contribution in [2.75, 3.05) is 7.11 Å². The van der Waals surface area contributed by atoms with Crippen LogP contribution >= 0.6 is 0 Å². The van der Waals surface area contributed by atoms with Gasteiger partial charge in [0, 0.05) is 0 Å². The Morgan fingerprint density at radius 1 is 0.933 bits per heavy atom. The minimum Gasteiger partial charge on any atom is -0.464 e. The molecule has 0 saturated heterocycles. The van der Waals surface area contributed by atoms with Crippen molar-refractivity contribution in [2.24, 2.45) is 5.92 Å². The number of rotatable bonds is 8. The van der Waals surface area contributed by atoms with Gasteiger partial charge in [0.15, 0.2) is 0 Å². The van der Waals surface area contributed by atoms with Gasteiger partial charge in [-0.1, -0.05) is 50.8 Å². The predicted molar refractivity (Wildman–Crippen MR) is 116 cm³/mol. The van der Waals surface area contributed by atoms with Crippen LogP contribution in [0.4, 0.5) is 0 Å². The Bertz CT molecular complexity index is 838. The summed E-state index contributed by atoms with van der Waals surface area (Å²) in [7, 11) is 1.27. The summed E-state index contributed by atoms with van der Waals surface area (Å²) in [4.78, 5) is 28.0. The highest BCUT2D eigenvalue weighted by molar-refractivity contribution is 5.92. The Balaban J connectivity index is 1.54. The third-order valence-electron chi connectivity index (χ3n) is 5.98. The summed E-state index contributed by atoms with van der Waals surface area (Å²) >= 11 is 0. The lowest BCUT2D eigenvalue weighted by Crippen LogP contribution is -2.14. The largest absolute Gasteiger partial charge is 0.464 e. The van der Waals surface area contributed by atoms with Crippen molar-refractivity contribution in [3.05, 3.63) is 59.4 Å². The Morgan fingerprint density at radius 2 is 1.60 bits per heavy atom. The lowest BCUT2D eigenvalue weighted by atomic mass is 9.77. The van der Waals surface area contributed by atoms with Gasteiger partial charge in [-0.2, -0.15) is 0 Å². The Labute approximate surface area is 178 Å². The van der Waals surface area contributed by atoms with Crippen LogP contribution in [0.2, 0.25) is 0 Å². The summed E-state index contributed by atoms with van der Waals surface area (Å²) in [6.45, 7) is 2.26. The zero-order valence-electron chi connectivity index (χ0n) is 17.9. The number of benzene rings is 1. The van der Waals surface area contributed by atoms with Gasteiger partial charge in [0.2, 0.25) is 0 Å². The van der Waals surface area contributed by atoms with Crippen LogP contribution in [0.15, 0.2) is 42.5 Å². The minimum atomic E-state index is -0.596. The number of hydrogen-bond acceptors (Lipinski definition) is 5. The van der Waals surface area contributed by atoms with Gasteiger partial charge >= 0.3 is 11.9 Å². The lowest BCUT2D eigenvalue weighted by Gasteiger charge is -2.29. The average molecular weight is 410 g/mol. The molecule has 1 aromatic carbocycles. The molecule has 0 N–H and O–H groups in total. The molecule has 5 nitrogen and oxygen atoms in total. The third-order valence-corrected chi connectivity index (χ3v) is 5.98. The number of hydrogen-bond donors (Lipinski definition) is 0. The fraction of sp³-hybridized carbons (Fsp3) is 0.480. The molecule has 1 aromatic heterocycles. The highest BCUT2D eigenvalue weighted by atomic mass is 16.5. The highest BCUT2D eigenvalue weighted by Crippen LogP contribution is 2.38. The molecule has 160 valence electrons. The second kappa shape index (κ2) is 10.9. The molecule has 1 heterocycles. The number of nitrogens with zero attached hydrogens (tertiary/aromatic N) is 1. The molecular weight excluding hydrogens is 378 g/mol. The normalized spacial score (nSPS) is 18.6. The summed E-state index contributed by atoms with van der Waals surface area (Å²) < 4.78 is 10.1. The van der Waals surface area contributed by atoms with Crippen LogP contribution in [0.5, 0.6) is 5.75 Å². The second-order valence-electron chi connectivity index (χ2n) is 8.07. The highest BCUT2D eigenvalue weighted by Gasteiger charge is 2.22. The number of unbranched alkanes of at least 4 members (excludes halogenated alkanes) is 2. The molecule has 3 rings (SSSR count). The van der Waals surface area contributed by atoms with Crippen molar-refractivity contribution >= 4 is 11.9 Å². The summed E-state index contributed by atoms with van der Waals surface area (Å²) in [5, 5.41) is 0. The molecule has 0 bridgehead atoms. The number of esters is 2. The SMILES string of the molecule is CCCCCC1CCC(c2ccc(OC(=O)c3cccc(C(=O)OC)n3)cc2)CC1. The fourth-order valence-electron chi connectivity index (χ4n) is 4.20. The van der Waals surface area contributed by atoms with E-state index in [4.69, 9.17) is 4.74 Å². The predicted octanol–water partition coefficient (Wildman–Crippen LogP) is 5.94. The monoisotopic (exact) mass is 409 g/mol. The third kappa shape index (κ3) is 5.91. The summed E-state index contributed by atoms with van der Waals surface area (Å²) in [5.41, 5.74) is 1.46. The van der Waals surface area contributed by atoms with Gasteiger partial charge in [-0.3, -0.25) is 0 Å². The van der Waals surface area contributed by atoms with Crippen LogP contribution in [0.25, 0.3) is 0 Å². The zero-order valence-corrected chi connectivity index (χ0v) is 17.9. The number of ether oxygens (including phenoxy) is 2. The van der Waals surface area contributed by atoms with Crippen molar-refractivity contribution in [1.29, 1.82) is 0 Å². The van der Waals surface area contributed by atoms with Crippen LogP contribution in [-0.4, -0.2) is 24.0 Å². The van der Waals surface area contributed by atoms with E-state index < -0.39 is 11.9 Å². The number of carbonyl (C=O) groups is 2. The molecule has 0 atom stereocenters. The smallest absolute Gasteiger partial charge is 0.362 e. The number of methoxy groups -OCH3 is 1. The second-order valence-corrected chi connectivity index (χ2v) is 8.07. The fourth-order valence-corrected chi connectivity index (χ4v) is 4.20. The molecule has 2 aromatic rings. The minimum absolute atomic E-state index is 0.0726. The van der Waals surface area contributed by atoms with Gasteiger partial charge in [-0.15, -0.1) is 0 Å². The summed E-state index contributed by atoms with van der Waals surface area (Å²) in [5.74, 6) is 0.773. The van der Waals surface area contributed by atoms with Crippen LogP contribution in [0.3, 0.4) is 0 Å². The number of aromatic nitrogens is 1. The Morgan fingerprint density at radius 3 is 2.23 bits per heavy atom. The Hall–Kier alpha value is -2.69. The molecule has 0 spiro atoms. The lowest BCUT2D eigenvalue weighted by molar-refractivity contribution is 0.0593. The van der Waals surface area contributed by atoms with E-state index in [1.807, 2.05) is 12.1 Å². The standard InChI is InChI=1S/C25H31NO4/c1-3-4-5-7-18-10-12-19(13-11-18)20-14-16-21(17-15-20)30-25(28)23-9-6-8-22(26-23)24(27)29-2/h6,8-9,14-19H,3-5,7,10-13H2,1-2H3. The van der Waals surface area contributed by atoms with Crippen LogP contribution in [-0.2, 0) is 4.74 Å². The summed E-state index contributed by atoms with van der Waals surface area (Å²) in [6, 6.07) is 12.4. The average Bonchev–Trinajstić information content (AvgIpc) is 2.80. The molecule has 0 radical (unpaired) electrons. The maximum absolute atomic E-state index is 12.4.